The highest BCUT2D eigenvalue weighted by Gasteiger charge is 2.55. The van der Waals surface area contributed by atoms with Crippen LogP contribution >= 0.6 is 0 Å². The maximum Gasteiger partial charge on any atom is 0.254 e. The van der Waals surface area contributed by atoms with Crippen molar-refractivity contribution in [2.24, 2.45) is 5.41 Å². The third-order valence-corrected chi connectivity index (χ3v) is 6.40. The molecule has 0 saturated carbocycles. The van der Waals surface area contributed by atoms with Crippen LogP contribution in [0.25, 0.3) is 11.0 Å². The van der Waals surface area contributed by atoms with Gasteiger partial charge in [0.15, 0.2) is 0 Å². The summed E-state index contributed by atoms with van der Waals surface area (Å²) in [4.78, 5) is 22.8. The number of fused-ring (bicyclic) bond motifs is 1. The molecule has 4 heterocycles. The summed E-state index contributed by atoms with van der Waals surface area (Å²) in [5, 5.41) is 4.60. The lowest BCUT2D eigenvalue weighted by Gasteiger charge is -2.59. The fourth-order valence-corrected chi connectivity index (χ4v) is 4.75. The zero-order chi connectivity index (χ0) is 20.2. The molecule has 7 nitrogen and oxygen atoms in total. The summed E-state index contributed by atoms with van der Waals surface area (Å²) in [6, 6.07) is 5.70. The van der Waals surface area contributed by atoms with Crippen LogP contribution in [0.3, 0.4) is 0 Å². The smallest absolute Gasteiger partial charge is 0.254 e. The Morgan fingerprint density at radius 2 is 2.07 bits per heavy atom. The number of carbonyl (C=O) groups is 1. The number of H-pyrrole nitrogens is 1. The molecule has 2 fully saturated rings. The molecule has 1 atom stereocenters. The second-order valence-corrected chi connectivity index (χ2v) is 9.33. The minimum absolute atomic E-state index is 0.0347. The molecule has 2 aliphatic rings. The van der Waals surface area contributed by atoms with E-state index in [4.69, 9.17) is 4.74 Å². The number of amides is 1. The molecule has 0 radical (unpaired) electrons. The van der Waals surface area contributed by atoms with Crippen LogP contribution in [0.15, 0.2) is 36.9 Å². The Morgan fingerprint density at radius 1 is 1.28 bits per heavy atom. The zero-order valence-electron chi connectivity index (χ0n) is 17.2. The fourth-order valence-electron chi connectivity index (χ4n) is 4.75. The summed E-state index contributed by atoms with van der Waals surface area (Å²) in [5.41, 5.74) is 3.55. The molecule has 1 N–H and O–H groups in total. The number of rotatable bonds is 2. The summed E-state index contributed by atoms with van der Waals surface area (Å²) < 4.78 is 7.62. The average molecular weight is 393 g/mol. The van der Waals surface area contributed by atoms with E-state index >= 15 is 0 Å². The molecule has 5 rings (SSSR count). The van der Waals surface area contributed by atoms with Crippen LogP contribution in [0.4, 0.5) is 0 Å². The van der Waals surface area contributed by atoms with E-state index in [-0.39, 0.29) is 22.9 Å². The third-order valence-electron chi connectivity index (χ3n) is 6.40. The number of nitrogens with one attached hydrogen (secondary N) is 1. The minimum atomic E-state index is -0.0919. The SMILES string of the molecule is CC(C)(C)n1cc([C@H]2N(C(=O)c3ccc4nc[nH]c4c3)CC23CCOCC3)cn1. The van der Waals surface area contributed by atoms with Gasteiger partial charge in [0.25, 0.3) is 5.91 Å². The predicted molar refractivity (Wildman–Crippen MR) is 110 cm³/mol. The number of benzene rings is 1. The molecule has 7 heteroatoms. The normalized spacial score (nSPS) is 21.5. The Bertz CT molecular complexity index is 1050. The van der Waals surface area contributed by atoms with Gasteiger partial charge in [0.1, 0.15) is 0 Å². The number of aromatic amines is 1. The maximum atomic E-state index is 13.4. The van der Waals surface area contributed by atoms with Crippen molar-refractivity contribution < 1.29 is 9.53 Å². The van der Waals surface area contributed by atoms with Crippen molar-refractivity contribution in [1.82, 2.24) is 24.6 Å². The standard InChI is InChI=1S/C22H27N5O2/c1-21(2,3)27-12-16(11-25-27)19-22(6-8-29-9-7-22)13-26(19)20(28)15-4-5-17-18(10-15)24-14-23-17/h4-5,10-12,14,19H,6-9,13H2,1-3H3,(H,23,24)/t19-/m1/s1. The van der Waals surface area contributed by atoms with Gasteiger partial charge in [-0.25, -0.2) is 4.98 Å². The number of hydrogen-bond donors (Lipinski definition) is 1. The van der Waals surface area contributed by atoms with E-state index in [0.29, 0.717) is 5.56 Å². The fraction of sp³-hybridized carbons (Fsp3) is 0.500. The van der Waals surface area contributed by atoms with E-state index in [2.05, 4.69) is 42.0 Å². The Labute approximate surface area is 170 Å². The van der Waals surface area contributed by atoms with E-state index in [1.807, 2.05) is 34.0 Å². The lowest BCUT2D eigenvalue weighted by atomic mass is 9.64. The van der Waals surface area contributed by atoms with E-state index in [1.54, 1.807) is 6.33 Å². The lowest BCUT2D eigenvalue weighted by Crippen LogP contribution is -2.62. The van der Waals surface area contributed by atoms with Crippen LogP contribution in [0.5, 0.6) is 0 Å². The molecule has 3 aromatic rings. The van der Waals surface area contributed by atoms with Gasteiger partial charge in [0, 0.05) is 42.5 Å². The molecular formula is C22H27N5O2. The maximum absolute atomic E-state index is 13.4. The van der Waals surface area contributed by atoms with Crippen LogP contribution in [0, 0.1) is 5.41 Å². The number of carbonyl (C=O) groups excluding carboxylic acids is 1. The van der Waals surface area contributed by atoms with E-state index in [9.17, 15) is 4.79 Å². The molecular weight excluding hydrogens is 366 g/mol. The molecule has 152 valence electrons. The Morgan fingerprint density at radius 3 is 2.79 bits per heavy atom. The lowest BCUT2D eigenvalue weighted by molar-refractivity contribution is -0.115. The molecule has 1 spiro atoms. The van der Waals surface area contributed by atoms with Gasteiger partial charge in [-0.2, -0.15) is 5.10 Å². The van der Waals surface area contributed by atoms with Crippen LogP contribution in [0.2, 0.25) is 0 Å². The number of nitrogens with zero attached hydrogens (tertiary/aromatic N) is 4. The van der Waals surface area contributed by atoms with E-state index < -0.39 is 0 Å². The van der Waals surface area contributed by atoms with Gasteiger partial charge in [0.05, 0.1) is 35.1 Å². The summed E-state index contributed by atoms with van der Waals surface area (Å²) in [7, 11) is 0. The quantitative estimate of drug-likeness (QED) is 0.723. The van der Waals surface area contributed by atoms with Gasteiger partial charge >= 0.3 is 0 Å². The van der Waals surface area contributed by atoms with Crippen LogP contribution in [0.1, 0.15) is 55.6 Å². The molecule has 2 saturated heterocycles. The van der Waals surface area contributed by atoms with Crippen molar-refractivity contribution in [2.45, 2.75) is 45.2 Å². The van der Waals surface area contributed by atoms with Crippen molar-refractivity contribution in [3.63, 3.8) is 0 Å². The van der Waals surface area contributed by atoms with Crippen LogP contribution in [-0.4, -0.2) is 50.3 Å². The van der Waals surface area contributed by atoms with Crippen LogP contribution in [-0.2, 0) is 10.3 Å². The third kappa shape index (κ3) is 2.95. The Kier molecular flexibility index (Phi) is 4.07. The highest BCUT2D eigenvalue weighted by Crippen LogP contribution is 2.55. The first-order valence-corrected chi connectivity index (χ1v) is 10.2. The highest BCUT2D eigenvalue weighted by molar-refractivity contribution is 5.98. The summed E-state index contributed by atoms with van der Waals surface area (Å²) >= 11 is 0. The molecule has 0 unspecified atom stereocenters. The second-order valence-electron chi connectivity index (χ2n) is 9.33. The molecule has 29 heavy (non-hydrogen) atoms. The molecule has 0 aliphatic carbocycles. The Balaban J connectivity index is 1.49. The van der Waals surface area contributed by atoms with Crippen molar-refractivity contribution >= 4 is 16.9 Å². The molecule has 2 aromatic heterocycles. The summed E-state index contributed by atoms with van der Waals surface area (Å²) in [5.74, 6) is 0.0622. The molecule has 2 aliphatic heterocycles. The molecule has 0 bridgehead atoms. The monoisotopic (exact) mass is 393 g/mol. The number of imidazole rings is 1. The van der Waals surface area contributed by atoms with Crippen molar-refractivity contribution in [3.05, 3.63) is 48.0 Å². The van der Waals surface area contributed by atoms with Gasteiger partial charge in [-0.3, -0.25) is 9.48 Å². The predicted octanol–water partition coefficient (Wildman–Crippen LogP) is 3.51. The Hall–Kier alpha value is -2.67. The van der Waals surface area contributed by atoms with Gasteiger partial charge in [-0.15, -0.1) is 0 Å². The minimum Gasteiger partial charge on any atom is -0.381 e. The largest absolute Gasteiger partial charge is 0.381 e. The first kappa shape index (κ1) is 18.4. The average Bonchev–Trinajstić information content (AvgIpc) is 3.35. The van der Waals surface area contributed by atoms with Gasteiger partial charge < -0.3 is 14.6 Å². The van der Waals surface area contributed by atoms with Crippen molar-refractivity contribution in [1.29, 1.82) is 0 Å². The molecule has 1 aromatic carbocycles. The number of ether oxygens (including phenoxy) is 1. The van der Waals surface area contributed by atoms with Crippen molar-refractivity contribution in [2.75, 3.05) is 19.8 Å². The van der Waals surface area contributed by atoms with E-state index in [1.165, 1.54) is 0 Å². The zero-order valence-corrected chi connectivity index (χ0v) is 17.2. The topological polar surface area (TPSA) is 76.0 Å². The number of hydrogen-bond acceptors (Lipinski definition) is 4. The molecule has 1 amide bonds. The first-order chi connectivity index (χ1) is 13.9. The van der Waals surface area contributed by atoms with E-state index in [0.717, 1.165) is 49.2 Å². The number of aromatic nitrogens is 4. The van der Waals surface area contributed by atoms with Crippen molar-refractivity contribution in [3.8, 4) is 0 Å². The summed E-state index contributed by atoms with van der Waals surface area (Å²) in [6.45, 7) is 8.69. The van der Waals surface area contributed by atoms with Crippen LogP contribution < -0.4 is 0 Å². The van der Waals surface area contributed by atoms with Gasteiger partial charge in [0.2, 0.25) is 0 Å². The second kappa shape index (κ2) is 6.42. The highest BCUT2D eigenvalue weighted by atomic mass is 16.5. The number of likely N-dealkylation sites (tertiary alicyclic amines) is 1. The van der Waals surface area contributed by atoms with Gasteiger partial charge in [-0.1, -0.05) is 0 Å². The van der Waals surface area contributed by atoms with Gasteiger partial charge in [-0.05, 0) is 51.8 Å². The summed E-state index contributed by atoms with van der Waals surface area (Å²) in [6.07, 6.45) is 7.65. The first-order valence-electron chi connectivity index (χ1n) is 10.2.